The Labute approximate surface area is 91.2 Å². The zero-order valence-electron chi connectivity index (χ0n) is 9.43. The molecule has 0 aliphatic carbocycles. The number of aromatic nitrogens is 1. The lowest BCUT2D eigenvalue weighted by Crippen LogP contribution is -2.19. The molecule has 0 saturated heterocycles. The lowest BCUT2D eigenvalue weighted by molar-refractivity contribution is 0.676. The van der Waals surface area contributed by atoms with Gasteiger partial charge in [0.05, 0.1) is 5.69 Å². The van der Waals surface area contributed by atoms with Crippen molar-refractivity contribution in [2.75, 3.05) is 0 Å². The fourth-order valence-corrected chi connectivity index (χ4v) is 1.21. The Bertz CT molecular complexity index is 492. The van der Waals surface area contributed by atoms with E-state index in [2.05, 4.69) is 43.8 Å². The zero-order valence-corrected chi connectivity index (χ0v) is 9.43. The minimum absolute atomic E-state index is 0.617. The molecule has 0 atom stereocenters. The molecular formula is C14H17N. The summed E-state index contributed by atoms with van der Waals surface area (Å²) >= 11 is 0. The molecule has 1 rings (SSSR count). The number of hydrogen-bond donors (Lipinski definition) is 1. The van der Waals surface area contributed by atoms with Crippen LogP contribution in [0.3, 0.4) is 0 Å². The van der Waals surface area contributed by atoms with Gasteiger partial charge in [0, 0.05) is 17.0 Å². The van der Waals surface area contributed by atoms with Crippen molar-refractivity contribution in [2.45, 2.75) is 20.3 Å². The second-order valence-corrected chi connectivity index (χ2v) is 3.92. The fourth-order valence-electron chi connectivity index (χ4n) is 1.21. The maximum atomic E-state index is 3.90. The van der Waals surface area contributed by atoms with Crippen molar-refractivity contribution in [3.63, 3.8) is 0 Å². The standard InChI is InChI=1S/C14H17N/c1-5-7-13-10-14(15-12(13)4)9-6-8-11(2)3/h5,7,10-11,15H,1,4,8H2,2-3H3/b13-7-. The summed E-state index contributed by atoms with van der Waals surface area (Å²) in [6.07, 6.45) is 4.60. The summed E-state index contributed by atoms with van der Waals surface area (Å²) in [7, 11) is 0. The van der Waals surface area contributed by atoms with Crippen LogP contribution in [0.15, 0.2) is 18.7 Å². The lowest BCUT2D eigenvalue weighted by atomic mass is 10.1. The van der Waals surface area contributed by atoms with Gasteiger partial charge in [-0.2, -0.15) is 0 Å². The van der Waals surface area contributed by atoms with E-state index >= 15 is 0 Å². The molecule has 15 heavy (non-hydrogen) atoms. The Hall–Kier alpha value is -1.68. The van der Waals surface area contributed by atoms with Crippen LogP contribution in [0, 0.1) is 17.8 Å². The molecule has 0 saturated carbocycles. The van der Waals surface area contributed by atoms with E-state index < -0.39 is 0 Å². The molecule has 0 fully saturated rings. The third kappa shape index (κ3) is 3.52. The molecule has 0 spiro atoms. The molecule has 0 unspecified atom stereocenters. The highest BCUT2D eigenvalue weighted by molar-refractivity contribution is 5.39. The normalized spacial score (nSPS) is 11.3. The molecule has 1 aromatic heterocycles. The molecule has 78 valence electrons. The minimum atomic E-state index is 0.617. The molecule has 0 radical (unpaired) electrons. The van der Waals surface area contributed by atoms with Crippen LogP contribution in [0.2, 0.25) is 0 Å². The van der Waals surface area contributed by atoms with Crippen molar-refractivity contribution in [3.8, 4) is 11.8 Å². The van der Waals surface area contributed by atoms with Gasteiger partial charge in [0.2, 0.25) is 0 Å². The molecule has 1 aromatic rings. The number of allylic oxidation sites excluding steroid dienone is 1. The first-order chi connectivity index (χ1) is 7.13. The average molecular weight is 199 g/mol. The van der Waals surface area contributed by atoms with E-state index in [4.69, 9.17) is 0 Å². The Morgan fingerprint density at radius 1 is 1.53 bits per heavy atom. The maximum absolute atomic E-state index is 3.90. The van der Waals surface area contributed by atoms with E-state index in [1.165, 1.54) is 0 Å². The van der Waals surface area contributed by atoms with E-state index in [1.807, 2.05) is 12.1 Å². The number of rotatable bonds is 2. The predicted octanol–water partition coefficient (Wildman–Crippen LogP) is 1.79. The summed E-state index contributed by atoms with van der Waals surface area (Å²) in [5.41, 5.74) is 0.925. The minimum Gasteiger partial charge on any atom is -0.349 e. The lowest BCUT2D eigenvalue weighted by Gasteiger charge is -1.92. The van der Waals surface area contributed by atoms with Gasteiger partial charge >= 0.3 is 0 Å². The summed E-state index contributed by atoms with van der Waals surface area (Å²) in [6, 6.07) is 2.00. The van der Waals surface area contributed by atoms with Gasteiger partial charge < -0.3 is 4.98 Å². The van der Waals surface area contributed by atoms with Gasteiger partial charge in [0.1, 0.15) is 0 Å². The van der Waals surface area contributed by atoms with Crippen LogP contribution in [-0.4, -0.2) is 4.98 Å². The summed E-state index contributed by atoms with van der Waals surface area (Å²) in [5.74, 6) is 6.85. The third-order valence-corrected chi connectivity index (χ3v) is 1.96. The van der Waals surface area contributed by atoms with E-state index in [-0.39, 0.29) is 0 Å². The van der Waals surface area contributed by atoms with Crippen molar-refractivity contribution < 1.29 is 0 Å². The monoisotopic (exact) mass is 199 g/mol. The smallest absolute Gasteiger partial charge is 0.0904 e. The zero-order chi connectivity index (χ0) is 11.3. The van der Waals surface area contributed by atoms with Crippen molar-refractivity contribution in [1.82, 2.24) is 4.98 Å². The van der Waals surface area contributed by atoms with Crippen LogP contribution >= 0.6 is 0 Å². The molecule has 0 bridgehead atoms. The molecule has 1 nitrogen and oxygen atoms in total. The van der Waals surface area contributed by atoms with Crippen LogP contribution in [-0.2, 0) is 0 Å². The van der Waals surface area contributed by atoms with Crippen LogP contribution < -0.4 is 10.6 Å². The summed E-state index contributed by atoms with van der Waals surface area (Å²) in [5, 5.41) is 1.95. The van der Waals surface area contributed by atoms with Crippen LogP contribution in [0.1, 0.15) is 26.0 Å². The second kappa shape index (κ2) is 5.26. The molecular weight excluding hydrogens is 182 g/mol. The summed E-state index contributed by atoms with van der Waals surface area (Å²) in [6.45, 7) is 11.9. The van der Waals surface area contributed by atoms with E-state index in [9.17, 15) is 0 Å². The first kappa shape index (κ1) is 11.4. The molecule has 0 aliphatic heterocycles. The van der Waals surface area contributed by atoms with Crippen LogP contribution in [0.25, 0.3) is 12.7 Å². The molecule has 1 heteroatoms. The predicted molar refractivity (Wildman–Crippen MR) is 66.6 cm³/mol. The largest absolute Gasteiger partial charge is 0.349 e. The Morgan fingerprint density at radius 3 is 2.87 bits per heavy atom. The fraction of sp³-hybridized carbons (Fsp3) is 0.286. The average Bonchev–Trinajstić information content (AvgIpc) is 2.47. The first-order valence-corrected chi connectivity index (χ1v) is 5.13. The highest BCUT2D eigenvalue weighted by Gasteiger charge is 1.91. The van der Waals surface area contributed by atoms with E-state index in [1.54, 1.807) is 6.08 Å². The summed E-state index contributed by atoms with van der Waals surface area (Å²) in [4.78, 5) is 3.14. The van der Waals surface area contributed by atoms with Gasteiger partial charge in [0.25, 0.3) is 0 Å². The van der Waals surface area contributed by atoms with Crippen LogP contribution in [0.4, 0.5) is 0 Å². The van der Waals surface area contributed by atoms with Crippen LogP contribution in [0.5, 0.6) is 0 Å². The third-order valence-electron chi connectivity index (χ3n) is 1.96. The van der Waals surface area contributed by atoms with Gasteiger partial charge in [-0.25, -0.2) is 0 Å². The van der Waals surface area contributed by atoms with Gasteiger partial charge in [-0.1, -0.05) is 45.1 Å². The number of hydrogen-bond acceptors (Lipinski definition) is 0. The quantitative estimate of drug-likeness (QED) is 0.699. The number of H-pyrrole nitrogens is 1. The molecule has 0 aromatic carbocycles. The summed E-state index contributed by atoms with van der Waals surface area (Å²) < 4.78 is 0. The molecule has 1 heterocycles. The maximum Gasteiger partial charge on any atom is 0.0904 e. The Balaban J connectivity index is 2.92. The van der Waals surface area contributed by atoms with Gasteiger partial charge in [-0.15, -0.1) is 0 Å². The highest BCUT2D eigenvalue weighted by Crippen LogP contribution is 1.96. The van der Waals surface area contributed by atoms with E-state index in [0.29, 0.717) is 5.92 Å². The topological polar surface area (TPSA) is 15.8 Å². The van der Waals surface area contributed by atoms with Gasteiger partial charge in [-0.05, 0) is 17.9 Å². The molecule has 0 amide bonds. The first-order valence-electron chi connectivity index (χ1n) is 5.13. The second-order valence-electron chi connectivity index (χ2n) is 3.92. The Morgan fingerprint density at radius 2 is 2.27 bits per heavy atom. The van der Waals surface area contributed by atoms with Crippen molar-refractivity contribution in [3.05, 3.63) is 35.0 Å². The van der Waals surface area contributed by atoms with Crippen molar-refractivity contribution >= 4 is 12.7 Å². The van der Waals surface area contributed by atoms with Crippen molar-refractivity contribution in [1.29, 1.82) is 0 Å². The highest BCUT2D eigenvalue weighted by atomic mass is 14.7. The Kier molecular flexibility index (Phi) is 4.00. The SMILES string of the molecule is C=C/C=c1/cc(C#CCC(C)C)[nH]c1=C. The van der Waals surface area contributed by atoms with Gasteiger partial charge in [0.15, 0.2) is 0 Å². The number of nitrogens with one attached hydrogen (secondary N) is 1. The van der Waals surface area contributed by atoms with Crippen molar-refractivity contribution in [2.24, 2.45) is 5.92 Å². The number of aromatic amines is 1. The molecule has 1 N–H and O–H groups in total. The van der Waals surface area contributed by atoms with E-state index in [0.717, 1.165) is 22.7 Å². The molecule has 0 aliphatic rings. The van der Waals surface area contributed by atoms with Gasteiger partial charge in [-0.3, -0.25) is 0 Å².